The molecule has 0 spiro atoms. The van der Waals surface area contributed by atoms with Gasteiger partial charge in [-0.3, -0.25) is 97.5 Å². The van der Waals surface area contributed by atoms with Gasteiger partial charge in [-0.25, -0.2) is 4.79 Å². The second-order valence-electron chi connectivity index (χ2n) is 28.7. The lowest BCUT2D eigenvalue weighted by Gasteiger charge is -2.27. The van der Waals surface area contributed by atoms with Crippen LogP contribution in [0, 0.1) is 29.6 Å². The van der Waals surface area contributed by atoms with E-state index in [0.717, 1.165) is 0 Å². The minimum absolute atomic E-state index is 0.00323. The van der Waals surface area contributed by atoms with Crippen molar-refractivity contribution in [3.8, 4) is 0 Å². The number of aliphatic imine (C=N–C) groups is 8. The summed E-state index contributed by atoms with van der Waals surface area (Å²) in [7, 11) is 0. The van der Waals surface area contributed by atoms with Crippen molar-refractivity contribution in [2.24, 2.45) is 167 Å². The monoisotopic (exact) mass is 1640 g/mol. The molecule has 1 heterocycles. The number of nitrogens with one attached hydrogen (secondary N) is 4. The molecule has 654 valence electrons. The van der Waals surface area contributed by atoms with Crippen LogP contribution in [0.4, 0.5) is 0 Å². The number of nitrogens with two attached hydrogens (primary N) is 17. The van der Waals surface area contributed by atoms with Gasteiger partial charge in [-0.15, -0.1) is 5.06 Å². The Morgan fingerprint density at radius 2 is 0.552 bits per heavy atom. The number of unbranched alkanes of at least 4 members (excludes halogenated alkanes) is 5. The maximum absolute atomic E-state index is 15.1. The van der Waals surface area contributed by atoms with Gasteiger partial charge in [0.05, 0.1) is 24.2 Å². The van der Waals surface area contributed by atoms with Crippen LogP contribution in [0.3, 0.4) is 0 Å². The van der Waals surface area contributed by atoms with Gasteiger partial charge in [0.15, 0.2) is 70.8 Å². The fraction of sp³-hybridized carbons (Fsp3) is 0.708. The molecule has 0 aromatic carbocycles. The molecule has 0 bridgehead atoms. The van der Waals surface area contributed by atoms with Gasteiger partial charge in [0.2, 0.25) is 29.5 Å². The van der Waals surface area contributed by atoms with E-state index >= 15 is 14.4 Å². The molecule has 0 aromatic heterocycles. The molecule has 1 aliphatic heterocycles. The minimum Gasteiger partial charge on any atom is -0.370 e. The summed E-state index contributed by atoms with van der Waals surface area (Å²) in [4.78, 5) is 216. The number of imide groups is 1. The number of carbonyl (C=O) groups is 13. The molecule has 44 nitrogen and oxygen atoms in total. The molecule has 1 rings (SSSR count). The van der Waals surface area contributed by atoms with Crippen LogP contribution in [0.1, 0.15) is 219 Å². The van der Waals surface area contributed by atoms with E-state index in [1.807, 2.05) is 0 Å². The van der Waals surface area contributed by atoms with E-state index in [4.69, 9.17) is 102 Å². The van der Waals surface area contributed by atoms with Gasteiger partial charge < -0.3 is 124 Å². The Hall–Kier alpha value is -11.5. The Morgan fingerprint density at radius 1 is 0.310 bits per heavy atom. The minimum atomic E-state index is -1.40. The van der Waals surface area contributed by atoms with Crippen LogP contribution >= 0.6 is 0 Å². The fourth-order valence-electron chi connectivity index (χ4n) is 12.5. The third kappa shape index (κ3) is 49.2. The molecule has 44 heteroatoms. The lowest BCUT2D eigenvalue weighted by molar-refractivity contribution is -0.197. The summed E-state index contributed by atoms with van der Waals surface area (Å²) in [5.74, 6) is -15.0. The molecular formula is C72H132N30O14. The number of hydrogen-bond donors (Lipinski definition) is 21. The van der Waals surface area contributed by atoms with Crippen molar-refractivity contribution in [1.29, 1.82) is 0 Å². The number of hydroxylamine groups is 2. The second kappa shape index (κ2) is 59.2. The first-order valence-electron chi connectivity index (χ1n) is 39.5. The number of carbonyl (C=O) groups excluding carboxylic acids is 13. The van der Waals surface area contributed by atoms with Crippen LogP contribution in [0.5, 0.6) is 0 Å². The third-order valence-electron chi connectivity index (χ3n) is 18.8. The average Bonchev–Trinajstić information content (AvgIpc) is 0.985. The van der Waals surface area contributed by atoms with Gasteiger partial charge in [0.25, 0.3) is 11.8 Å². The molecule has 7 amide bonds. The number of rotatable bonds is 67. The number of nitrogens with zero attached hydrogens (tertiary/aromatic N) is 9. The van der Waals surface area contributed by atoms with Crippen molar-refractivity contribution < 1.29 is 67.2 Å². The first kappa shape index (κ1) is 102. The number of Topliss-reactive ketones (excluding diaryl/α,β-unsaturated/α-hetero) is 5. The molecule has 0 radical (unpaired) electrons. The number of hydrogen-bond acceptors (Lipinski definition) is 22. The highest BCUT2D eigenvalue weighted by atomic mass is 16.7. The van der Waals surface area contributed by atoms with Crippen LogP contribution in [0.25, 0.3) is 0 Å². The molecule has 1 fully saturated rings. The Kier molecular flexibility index (Phi) is 52.3. The van der Waals surface area contributed by atoms with Crippen LogP contribution < -0.4 is 119 Å². The van der Waals surface area contributed by atoms with E-state index < -0.39 is 150 Å². The third-order valence-corrected chi connectivity index (χ3v) is 18.8. The first-order chi connectivity index (χ1) is 54.9. The Balaban J connectivity index is 3.76. The molecule has 38 N–H and O–H groups in total. The largest absolute Gasteiger partial charge is 0.370 e. The average molecular weight is 1640 g/mol. The zero-order valence-corrected chi connectivity index (χ0v) is 67.2. The summed E-state index contributed by atoms with van der Waals surface area (Å²) >= 11 is 0. The summed E-state index contributed by atoms with van der Waals surface area (Å²) in [6.07, 6.45) is 3.88. The highest BCUT2D eigenvalue weighted by molar-refractivity contribution is 6.02. The number of amides is 7. The van der Waals surface area contributed by atoms with E-state index in [2.05, 4.69) is 61.2 Å². The highest BCUT2D eigenvalue weighted by Gasteiger charge is 2.37. The first-order valence-corrected chi connectivity index (χ1v) is 39.5. The van der Waals surface area contributed by atoms with Gasteiger partial charge in [-0.1, -0.05) is 32.6 Å². The Bertz CT molecular complexity index is 3390. The van der Waals surface area contributed by atoms with Crippen molar-refractivity contribution in [3.63, 3.8) is 0 Å². The van der Waals surface area contributed by atoms with Gasteiger partial charge in [-0.2, -0.15) is 0 Å². The van der Waals surface area contributed by atoms with Crippen molar-refractivity contribution in [2.75, 3.05) is 52.4 Å². The molecule has 0 unspecified atom stereocenters. The predicted molar refractivity (Wildman–Crippen MR) is 441 cm³/mol. The molecule has 0 aliphatic carbocycles. The lowest BCUT2D eigenvalue weighted by atomic mass is 9.88. The molecule has 1 saturated heterocycles. The number of primary amides is 1. The second-order valence-corrected chi connectivity index (χ2v) is 28.7. The Labute approximate surface area is 677 Å². The highest BCUT2D eigenvalue weighted by Crippen LogP contribution is 2.25. The van der Waals surface area contributed by atoms with E-state index in [1.54, 1.807) is 6.92 Å². The Morgan fingerprint density at radius 3 is 0.836 bits per heavy atom. The molecule has 0 saturated carbocycles. The normalized spacial score (nSPS) is 14.0. The van der Waals surface area contributed by atoms with Gasteiger partial charge >= 0.3 is 5.97 Å². The predicted octanol–water partition coefficient (Wildman–Crippen LogP) is -4.76. The summed E-state index contributed by atoms with van der Waals surface area (Å²) < 4.78 is 0. The standard InChI is InChI=1S/C72H132N30O14/c1-43(17-9-31-90-65(74)75)61(112)98-49(24-13-35-94-69(82)83)54(105)40-45(19-10-32-91-66(76)77)63(114)100-51(26-15-37-96-71(86)87)56(107)42-47(21-12-34-93-68(80)81)64(115)101-52(27-16-38-97-72(88)89)55(106)41-46(20-11-33-92-67(78)79)62(113)99-50(25-14-36-95-70(84)85)53(104)39-44(60(73)111)18-5-4-7-23-48(103)22-6-2-3-8-28-59(110)116-102-57(108)29-30-58(102)109/h43-47,49-52H,2-42H2,1H3,(H2,73,111)(H,98,112)(H,99,113)(H,100,114)(H,101,115)(H4,74,75,90)(H4,76,77,91)(H4,78,79,92)(H4,80,81,93)(H4,82,83,94)(H4,84,85,95)(H4,86,87,96)(H4,88,89,97)/t43-,44+,45+,46+,47+,49-,50-,51-,52-/m1/s1. The van der Waals surface area contributed by atoms with Crippen LogP contribution in [0.2, 0.25) is 0 Å². The molecule has 1 aliphatic rings. The quantitative estimate of drug-likeness (QED) is 0.0118. The molecular weight excluding hydrogens is 1510 g/mol. The van der Waals surface area contributed by atoms with Crippen molar-refractivity contribution in [1.82, 2.24) is 26.3 Å². The zero-order valence-electron chi connectivity index (χ0n) is 67.2. The molecule has 9 atom stereocenters. The van der Waals surface area contributed by atoms with Gasteiger partial charge in [0, 0.05) is 140 Å². The molecule has 0 aromatic rings. The van der Waals surface area contributed by atoms with Crippen LogP contribution in [-0.2, 0) is 67.2 Å². The maximum atomic E-state index is 15.1. The van der Waals surface area contributed by atoms with E-state index in [1.165, 1.54) is 0 Å². The van der Waals surface area contributed by atoms with Gasteiger partial charge in [-0.05, 0) is 128 Å². The van der Waals surface area contributed by atoms with Crippen molar-refractivity contribution >= 4 is 124 Å². The summed E-state index contributed by atoms with van der Waals surface area (Å²) in [6.45, 7) is 2.05. The zero-order chi connectivity index (χ0) is 87.1. The summed E-state index contributed by atoms with van der Waals surface area (Å²) in [6, 6.07) is -5.18. The van der Waals surface area contributed by atoms with Gasteiger partial charge in [0.1, 0.15) is 5.78 Å². The van der Waals surface area contributed by atoms with E-state index in [0.29, 0.717) is 69.3 Å². The fourth-order valence-corrected chi connectivity index (χ4v) is 12.5. The van der Waals surface area contributed by atoms with E-state index in [-0.39, 0.29) is 228 Å². The summed E-state index contributed by atoms with van der Waals surface area (Å²) in [5.41, 5.74) is 95.7. The van der Waals surface area contributed by atoms with Crippen LogP contribution in [0.15, 0.2) is 39.9 Å². The summed E-state index contributed by atoms with van der Waals surface area (Å²) in [5, 5.41) is 11.7. The molecule has 116 heavy (non-hydrogen) atoms. The van der Waals surface area contributed by atoms with Crippen LogP contribution in [-0.4, -0.2) is 206 Å². The number of guanidine groups is 8. The number of ketones is 5. The van der Waals surface area contributed by atoms with Crippen molar-refractivity contribution in [2.45, 2.75) is 243 Å². The topological polar surface area (TPSA) is 824 Å². The maximum Gasteiger partial charge on any atom is 0.333 e. The van der Waals surface area contributed by atoms with E-state index in [9.17, 15) is 47.9 Å². The SMILES string of the molecule is C[C@H](CCCN=C(N)N)C(=O)N[C@H](CCCN=C(N)N)C(=O)C[C@H](CCCN=C(N)N)C(=O)N[C@H](CCCN=C(N)N)C(=O)C[C@H](CCCN=C(N)N)C(=O)N[C@H](CCCN=C(N)N)C(=O)C[C@H](CCCN=C(N)N)C(=O)N[C@H](CCCN=C(N)N)C(=O)C[C@H](CCCCCC(=O)CCCCCCC(=O)ON1C(=O)CCC1=O)C(N)=O. The van der Waals surface area contributed by atoms with Crippen molar-refractivity contribution in [3.05, 3.63) is 0 Å². The lowest BCUT2D eigenvalue weighted by Crippen LogP contribution is -2.49. The smallest absolute Gasteiger partial charge is 0.333 e.